The molecule has 0 aromatic heterocycles. The fourth-order valence-electron chi connectivity index (χ4n) is 7.37. The number of ether oxygens (including phenoxy) is 2. The van der Waals surface area contributed by atoms with Crippen LogP contribution >= 0.6 is 0 Å². The first-order valence-corrected chi connectivity index (χ1v) is 20.4. The van der Waals surface area contributed by atoms with Crippen LogP contribution in [0, 0.1) is 0 Å². The molecule has 8 heteroatoms. The van der Waals surface area contributed by atoms with Crippen molar-refractivity contribution in [3.63, 3.8) is 0 Å². The van der Waals surface area contributed by atoms with Crippen LogP contribution in [-0.4, -0.2) is 23.6 Å². The van der Waals surface area contributed by atoms with E-state index >= 15 is 0 Å². The van der Waals surface area contributed by atoms with Gasteiger partial charge in [-0.25, -0.2) is 9.80 Å². The number of carbonyl (C=O) groups excluding carboxylic acids is 4. The van der Waals surface area contributed by atoms with Gasteiger partial charge in [0.1, 0.15) is 23.0 Å². The number of rotatable bonds is 16. The van der Waals surface area contributed by atoms with Gasteiger partial charge in [0.15, 0.2) is 0 Å². The molecule has 0 bridgehead atoms. The number of benzene rings is 4. The molecule has 57 heavy (non-hydrogen) atoms. The van der Waals surface area contributed by atoms with Gasteiger partial charge in [-0.3, -0.25) is 19.2 Å². The number of carbonyl (C=O) groups is 4. The second kappa shape index (κ2) is 17.6. The van der Waals surface area contributed by atoms with Gasteiger partial charge in [-0.1, -0.05) is 79.7 Å². The van der Waals surface area contributed by atoms with Crippen molar-refractivity contribution in [1.29, 1.82) is 0 Å². The zero-order valence-electron chi connectivity index (χ0n) is 34.4. The molecule has 296 valence electrons. The number of amides is 4. The summed E-state index contributed by atoms with van der Waals surface area (Å²) in [5.74, 6) is 2.57. The molecule has 4 aromatic carbocycles. The number of hydrogen-bond acceptors (Lipinski definition) is 6. The molecule has 4 amide bonds. The maximum Gasteiger partial charge on any atom is 0.258 e. The minimum Gasteiger partial charge on any atom is -0.457 e. The van der Waals surface area contributed by atoms with E-state index in [9.17, 15) is 19.2 Å². The SMILES string of the molecule is CCC(C)c1cc(Cc2cc(C(C)CC)c(Oc3ccc(N4C(=O)C=CC4=O)cc3)c(C(C)CC)c2)cc(C(C)CC)c1Oc1ccc(N2C(=O)C=CC2=O)cc1. The second-order valence-corrected chi connectivity index (χ2v) is 15.5. The number of nitrogens with zero attached hydrogens (tertiary/aromatic N) is 2. The molecule has 0 fully saturated rings. The quantitative estimate of drug-likeness (QED) is 0.105. The van der Waals surface area contributed by atoms with E-state index in [0.29, 0.717) is 22.9 Å². The monoisotopic (exact) mass is 766 g/mol. The summed E-state index contributed by atoms with van der Waals surface area (Å²) < 4.78 is 13.5. The molecule has 0 aliphatic carbocycles. The Hall–Kier alpha value is -5.76. The molecular weight excluding hydrogens is 713 g/mol. The van der Waals surface area contributed by atoms with Crippen LogP contribution in [0.25, 0.3) is 0 Å². The minimum atomic E-state index is -0.350. The molecule has 4 unspecified atom stereocenters. The molecule has 4 aromatic rings. The van der Waals surface area contributed by atoms with Crippen LogP contribution < -0.4 is 19.3 Å². The van der Waals surface area contributed by atoms with Gasteiger partial charge in [0.05, 0.1) is 11.4 Å². The summed E-state index contributed by atoms with van der Waals surface area (Å²) in [6.45, 7) is 17.8. The maximum absolute atomic E-state index is 12.3. The molecular formula is C49H54N2O6. The third-order valence-corrected chi connectivity index (χ3v) is 11.6. The first kappa shape index (κ1) is 40.9. The predicted molar refractivity (Wildman–Crippen MR) is 227 cm³/mol. The van der Waals surface area contributed by atoms with Gasteiger partial charge in [0, 0.05) is 24.3 Å². The van der Waals surface area contributed by atoms with Crippen LogP contribution in [0.3, 0.4) is 0 Å². The maximum atomic E-state index is 12.3. The summed E-state index contributed by atoms with van der Waals surface area (Å²) >= 11 is 0. The van der Waals surface area contributed by atoms with Gasteiger partial charge in [-0.15, -0.1) is 0 Å². The van der Waals surface area contributed by atoms with Crippen molar-refractivity contribution in [2.24, 2.45) is 0 Å². The Kier molecular flexibility index (Phi) is 12.6. The highest BCUT2D eigenvalue weighted by atomic mass is 16.5. The van der Waals surface area contributed by atoms with E-state index in [1.165, 1.54) is 35.4 Å². The van der Waals surface area contributed by atoms with E-state index < -0.39 is 0 Å². The Labute approximate surface area is 337 Å². The minimum absolute atomic E-state index is 0.236. The fourth-order valence-corrected chi connectivity index (χ4v) is 7.37. The van der Waals surface area contributed by atoms with E-state index in [0.717, 1.165) is 75.7 Å². The van der Waals surface area contributed by atoms with Crippen molar-refractivity contribution in [1.82, 2.24) is 0 Å². The van der Waals surface area contributed by atoms with Crippen LogP contribution in [0.1, 0.15) is 138 Å². The molecule has 2 aliphatic heterocycles. The van der Waals surface area contributed by atoms with Crippen molar-refractivity contribution < 1.29 is 28.7 Å². The molecule has 8 nitrogen and oxygen atoms in total. The molecule has 0 radical (unpaired) electrons. The van der Waals surface area contributed by atoms with Gasteiger partial charge in [0.2, 0.25) is 0 Å². The molecule has 0 saturated carbocycles. The Morgan fingerprint density at radius 2 is 0.702 bits per heavy atom. The van der Waals surface area contributed by atoms with Crippen molar-refractivity contribution in [3.8, 4) is 23.0 Å². The summed E-state index contributed by atoms with van der Waals surface area (Å²) in [6.07, 6.45) is 9.64. The van der Waals surface area contributed by atoms with Gasteiger partial charge in [0.25, 0.3) is 23.6 Å². The van der Waals surface area contributed by atoms with Crippen LogP contribution in [0.15, 0.2) is 97.1 Å². The summed E-state index contributed by atoms with van der Waals surface area (Å²) in [5, 5.41) is 0. The van der Waals surface area contributed by atoms with E-state index in [1.807, 2.05) is 24.3 Å². The smallest absolute Gasteiger partial charge is 0.258 e. The average Bonchev–Trinajstić information content (AvgIpc) is 3.75. The van der Waals surface area contributed by atoms with E-state index in [4.69, 9.17) is 9.47 Å². The van der Waals surface area contributed by atoms with Crippen LogP contribution in [-0.2, 0) is 25.6 Å². The molecule has 0 saturated heterocycles. The molecule has 2 heterocycles. The van der Waals surface area contributed by atoms with Crippen molar-refractivity contribution in [2.45, 2.75) is 111 Å². The summed E-state index contributed by atoms with van der Waals surface area (Å²) in [6, 6.07) is 23.5. The Morgan fingerprint density at radius 3 is 0.947 bits per heavy atom. The van der Waals surface area contributed by atoms with E-state index in [1.54, 1.807) is 24.3 Å². The number of imide groups is 2. The highest BCUT2D eigenvalue weighted by Crippen LogP contribution is 2.44. The standard InChI is InChI=1S/C49H54N2O6/c1-9-30(5)40-26-34(27-41(31(6)10-2)48(40)56-38-17-13-36(14-18-38)50-44(52)21-22-45(50)53)25-35-28-42(32(7)11-3)49(43(29-35)33(8)12-4)57-39-19-15-37(16-20-39)51-46(54)23-24-47(51)55/h13-24,26-33H,9-12,25H2,1-8H3. The molecule has 0 N–H and O–H groups in total. The van der Waals surface area contributed by atoms with Crippen LogP contribution in [0.4, 0.5) is 11.4 Å². The lowest BCUT2D eigenvalue weighted by molar-refractivity contribution is -0.121. The Balaban J connectivity index is 1.36. The van der Waals surface area contributed by atoms with Crippen molar-refractivity contribution in [3.05, 3.63) is 130 Å². The van der Waals surface area contributed by atoms with Gasteiger partial charge < -0.3 is 9.47 Å². The second-order valence-electron chi connectivity index (χ2n) is 15.5. The third-order valence-electron chi connectivity index (χ3n) is 11.6. The summed E-state index contributed by atoms with van der Waals surface area (Å²) in [4.78, 5) is 51.4. The molecule has 6 rings (SSSR count). The lowest BCUT2D eigenvalue weighted by atomic mass is 9.84. The zero-order chi connectivity index (χ0) is 41.0. The van der Waals surface area contributed by atoms with E-state index in [2.05, 4.69) is 79.7 Å². The number of anilines is 2. The van der Waals surface area contributed by atoms with Crippen LogP contribution in [0.2, 0.25) is 0 Å². The topological polar surface area (TPSA) is 93.2 Å². The summed E-state index contributed by atoms with van der Waals surface area (Å²) in [7, 11) is 0. The molecule has 2 aliphatic rings. The lowest BCUT2D eigenvalue weighted by Crippen LogP contribution is -2.29. The van der Waals surface area contributed by atoms with Crippen LogP contribution in [0.5, 0.6) is 23.0 Å². The largest absolute Gasteiger partial charge is 0.457 e. The van der Waals surface area contributed by atoms with Crippen molar-refractivity contribution >= 4 is 35.0 Å². The summed E-state index contributed by atoms with van der Waals surface area (Å²) in [5.41, 5.74) is 8.08. The van der Waals surface area contributed by atoms with Gasteiger partial charge in [-0.05, 0) is 138 Å². The normalized spacial score (nSPS) is 16.1. The number of hydrogen-bond donors (Lipinski definition) is 0. The first-order valence-electron chi connectivity index (χ1n) is 20.4. The highest BCUT2D eigenvalue weighted by molar-refractivity contribution is 6.28. The first-order chi connectivity index (χ1) is 27.4. The third kappa shape index (κ3) is 8.65. The lowest BCUT2D eigenvalue weighted by Gasteiger charge is -2.25. The molecule has 0 spiro atoms. The highest BCUT2D eigenvalue weighted by Gasteiger charge is 2.28. The van der Waals surface area contributed by atoms with Gasteiger partial charge >= 0.3 is 0 Å². The predicted octanol–water partition coefficient (Wildman–Crippen LogP) is 11.8. The zero-order valence-corrected chi connectivity index (χ0v) is 34.4. The average molecular weight is 767 g/mol. The van der Waals surface area contributed by atoms with Crippen molar-refractivity contribution in [2.75, 3.05) is 9.80 Å². The van der Waals surface area contributed by atoms with Gasteiger partial charge in [-0.2, -0.15) is 0 Å². The fraction of sp³-hybridized carbons (Fsp3) is 0.347. The Morgan fingerprint density at radius 1 is 0.439 bits per heavy atom. The van der Waals surface area contributed by atoms with E-state index in [-0.39, 0.29) is 47.3 Å². The Bertz CT molecular complexity index is 1960. The molecule has 4 atom stereocenters.